The van der Waals surface area contributed by atoms with Gasteiger partial charge >= 0.3 is 6.03 Å². The van der Waals surface area contributed by atoms with Gasteiger partial charge in [0.2, 0.25) is 0 Å². The van der Waals surface area contributed by atoms with E-state index in [9.17, 15) is 4.79 Å². The van der Waals surface area contributed by atoms with Gasteiger partial charge in [0, 0.05) is 18.6 Å². The lowest BCUT2D eigenvalue weighted by Crippen LogP contribution is -2.51. The molecule has 4 nitrogen and oxygen atoms in total. The third-order valence-corrected chi connectivity index (χ3v) is 3.90. The van der Waals surface area contributed by atoms with Crippen molar-refractivity contribution in [3.8, 4) is 0 Å². The molecule has 1 heterocycles. The number of piperidine rings is 1. The summed E-state index contributed by atoms with van der Waals surface area (Å²) < 4.78 is 6.12. The number of rotatable bonds is 2. The summed E-state index contributed by atoms with van der Waals surface area (Å²) in [6.07, 6.45) is 7.90. The zero-order chi connectivity index (χ0) is 13.9. The van der Waals surface area contributed by atoms with Crippen LogP contribution in [0, 0.1) is 0 Å². The molecule has 110 valence electrons. The minimum atomic E-state index is -0.158. The van der Waals surface area contributed by atoms with Crippen molar-refractivity contribution < 1.29 is 9.53 Å². The Morgan fingerprint density at radius 1 is 1.05 bits per heavy atom. The number of carbonyl (C=O) groups is 1. The molecule has 0 aromatic heterocycles. The van der Waals surface area contributed by atoms with E-state index in [2.05, 4.69) is 5.32 Å². The summed E-state index contributed by atoms with van der Waals surface area (Å²) in [4.78, 5) is 14.0. The number of nitrogens with zero attached hydrogens (tertiary/aromatic N) is 1. The third kappa shape index (κ3) is 4.68. The van der Waals surface area contributed by atoms with Gasteiger partial charge in [-0.3, -0.25) is 0 Å². The van der Waals surface area contributed by atoms with E-state index in [1.165, 1.54) is 25.7 Å². The molecule has 0 atom stereocenters. The molecule has 4 heteroatoms. The number of urea groups is 1. The first-order valence-corrected chi connectivity index (χ1v) is 7.66. The Balaban J connectivity index is 1.71. The van der Waals surface area contributed by atoms with Crippen LogP contribution >= 0.6 is 0 Å². The van der Waals surface area contributed by atoms with Gasteiger partial charge in [-0.15, -0.1) is 0 Å². The average Bonchev–Trinajstić information content (AvgIpc) is 2.80. The minimum absolute atomic E-state index is 0.0619. The van der Waals surface area contributed by atoms with Gasteiger partial charge in [-0.1, -0.05) is 12.8 Å². The standard InChI is InChI=1S/C15H28N2O2/c1-15(2,3)16-14(18)17-10-8-13(9-11-17)19-12-6-4-5-7-12/h12-13H,4-11H2,1-3H3,(H,16,18). The number of nitrogens with one attached hydrogen (secondary N) is 1. The summed E-state index contributed by atoms with van der Waals surface area (Å²) in [5.41, 5.74) is -0.158. The van der Waals surface area contributed by atoms with Gasteiger partial charge in [0.25, 0.3) is 0 Å². The van der Waals surface area contributed by atoms with Crippen molar-refractivity contribution in [3.63, 3.8) is 0 Å². The fourth-order valence-electron chi connectivity index (χ4n) is 2.89. The van der Waals surface area contributed by atoms with Crippen molar-refractivity contribution in [2.45, 2.75) is 77.0 Å². The second kappa shape index (κ2) is 6.12. The highest BCUT2D eigenvalue weighted by atomic mass is 16.5. The fourth-order valence-corrected chi connectivity index (χ4v) is 2.89. The molecule has 0 bridgehead atoms. The number of amides is 2. The van der Waals surface area contributed by atoms with Gasteiger partial charge in [0.15, 0.2) is 0 Å². The van der Waals surface area contributed by atoms with E-state index in [4.69, 9.17) is 4.74 Å². The van der Waals surface area contributed by atoms with E-state index in [1.54, 1.807) is 0 Å². The van der Waals surface area contributed by atoms with Gasteiger partial charge in [0.1, 0.15) is 0 Å². The van der Waals surface area contributed by atoms with E-state index >= 15 is 0 Å². The molecule has 0 aromatic rings. The van der Waals surface area contributed by atoms with E-state index in [0.717, 1.165) is 25.9 Å². The maximum atomic E-state index is 12.0. The smallest absolute Gasteiger partial charge is 0.317 e. The molecule has 2 rings (SSSR count). The van der Waals surface area contributed by atoms with E-state index in [1.807, 2.05) is 25.7 Å². The van der Waals surface area contributed by atoms with Gasteiger partial charge in [0.05, 0.1) is 12.2 Å². The van der Waals surface area contributed by atoms with Crippen molar-refractivity contribution in [2.75, 3.05) is 13.1 Å². The van der Waals surface area contributed by atoms with Crippen LogP contribution in [0.2, 0.25) is 0 Å². The normalized spacial score (nSPS) is 22.8. The maximum absolute atomic E-state index is 12.0. The number of likely N-dealkylation sites (tertiary alicyclic amines) is 1. The van der Waals surface area contributed by atoms with E-state index < -0.39 is 0 Å². The Bertz CT molecular complexity index is 298. The monoisotopic (exact) mass is 268 g/mol. The lowest BCUT2D eigenvalue weighted by Gasteiger charge is -2.35. The van der Waals surface area contributed by atoms with E-state index in [-0.39, 0.29) is 11.6 Å². The molecule has 1 aliphatic heterocycles. The summed E-state index contributed by atoms with van der Waals surface area (Å²) in [7, 11) is 0. The summed E-state index contributed by atoms with van der Waals surface area (Å²) in [5.74, 6) is 0. The maximum Gasteiger partial charge on any atom is 0.317 e. The van der Waals surface area contributed by atoms with Gasteiger partial charge in [-0.25, -0.2) is 4.79 Å². The zero-order valence-electron chi connectivity index (χ0n) is 12.6. The van der Waals surface area contributed by atoms with Crippen LogP contribution in [-0.2, 0) is 4.74 Å². The summed E-state index contributed by atoms with van der Waals surface area (Å²) in [6.45, 7) is 7.68. The second-order valence-electron chi connectivity index (χ2n) is 6.91. The molecule has 0 unspecified atom stereocenters. The lowest BCUT2D eigenvalue weighted by molar-refractivity contribution is -0.0340. The molecule has 19 heavy (non-hydrogen) atoms. The SMILES string of the molecule is CC(C)(C)NC(=O)N1CCC(OC2CCCC2)CC1. The Kier molecular flexibility index (Phi) is 4.71. The minimum Gasteiger partial charge on any atom is -0.375 e. The highest BCUT2D eigenvalue weighted by Gasteiger charge is 2.27. The molecule has 2 aliphatic rings. The molecular formula is C15H28N2O2. The average molecular weight is 268 g/mol. The molecule has 2 fully saturated rings. The zero-order valence-corrected chi connectivity index (χ0v) is 12.6. The van der Waals surface area contributed by atoms with Crippen LogP contribution in [0.4, 0.5) is 4.79 Å². The van der Waals surface area contributed by atoms with Gasteiger partial charge in [-0.05, 0) is 46.5 Å². The molecule has 0 aromatic carbocycles. The van der Waals surface area contributed by atoms with Crippen LogP contribution < -0.4 is 5.32 Å². The van der Waals surface area contributed by atoms with Crippen LogP contribution in [0.15, 0.2) is 0 Å². The highest BCUT2D eigenvalue weighted by molar-refractivity contribution is 5.75. The first kappa shape index (κ1) is 14.6. The Hall–Kier alpha value is -0.770. The van der Waals surface area contributed by atoms with Crippen LogP contribution in [0.3, 0.4) is 0 Å². The molecule has 0 radical (unpaired) electrons. The fraction of sp³-hybridized carbons (Fsp3) is 0.933. The molecule has 1 saturated heterocycles. The molecular weight excluding hydrogens is 240 g/mol. The van der Waals surface area contributed by atoms with Gasteiger partial charge in [-0.2, -0.15) is 0 Å². The molecule has 1 N–H and O–H groups in total. The number of ether oxygens (including phenoxy) is 1. The Labute approximate surface area is 116 Å². The van der Waals surface area contributed by atoms with Crippen molar-refractivity contribution >= 4 is 6.03 Å². The predicted octanol–water partition coefficient (Wildman–Crippen LogP) is 2.92. The van der Waals surface area contributed by atoms with Crippen molar-refractivity contribution in [1.29, 1.82) is 0 Å². The molecule has 1 saturated carbocycles. The number of hydrogen-bond acceptors (Lipinski definition) is 2. The molecule has 1 aliphatic carbocycles. The number of carbonyl (C=O) groups excluding carboxylic acids is 1. The first-order valence-electron chi connectivity index (χ1n) is 7.66. The highest BCUT2D eigenvalue weighted by Crippen LogP contribution is 2.25. The van der Waals surface area contributed by atoms with Gasteiger partial charge < -0.3 is 15.0 Å². The summed E-state index contributed by atoms with van der Waals surface area (Å²) >= 11 is 0. The second-order valence-corrected chi connectivity index (χ2v) is 6.91. The van der Waals surface area contributed by atoms with Crippen LogP contribution in [0.5, 0.6) is 0 Å². The topological polar surface area (TPSA) is 41.6 Å². The van der Waals surface area contributed by atoms with Crippen LogP contribution in [0.1, 0.15) is 59.3 Å². The van der Waals surface area contributed by atoms with Crippen molar-refractivity contribution in [2.24, 2.45) is 0 Å². The van der Waals surface area contributed by atoms with Crippen LogP contribution in [-0.4, -0.2) is 41.8 Å². The Morgan fingerprint density at radius 3 is 2.11 bits per heavy atom. The quantitative estimate of drug-likeness (QED) is 0.836. The number of hydrogen-bond donors (Lipinski definition) is 1. The predicted molar refractivity (Wildman–Crippen MR) is 76.2 cm³/mol. The summed E-state index contributed by atoms with van der Waals surface area (Å²) in [5, 5.41) is 3.02. The van der Waals surface area contributed by atoms with Crippen molar-refractivity contribution in [3.05, 3.63) is 0 Å². The Morgan fingerprint density at radius 2 is 1.58 bits per heavy atom. The van der Waals surface area contributed by atoms with E-state index in [0.29, 0.717) is 12.2 Å². The van der Waals surface area contributed by atoms with Crippen molar-refractivity contribution in [1.82, 2.24) is 10.2 Å². The lowest BCUT2D eigenvalue weighted by atomic mass is 10.1. The molecule has 2 amide bonds. The van der Waals surface area contributed by atoms with Crippen LogP contribution in [0.25, 0.3) is 0 Å². The first-order chi connectivity index (χ1) is 8.94. The molecule has 0 spiro atoms. The third-order valence-electron chi connectivity index (χ3n) is 3.90. The largest absolute Gasteiger partial charge is 0.375 e. The summed E-state index contributed by atoms with van der Waals surface area (Å²) in [6, 6.07) is 0.0619.